The third kappa shape index (κ3) is 7.73. The Hall–Kier alpha value is -3.56. The highest BCUT2D eigenvalue weighted by molar-refractivity contribution is 7.89. The van der Waals surface area contributed by atoms with E-state index in [4.69, 9.17) is 0 Å². The Bertz CT molecular complexity index is 1290. The molecule has 2 amide bonds. The van der Waals surface area contributed by atoms with E-state index in [0.717, 1.165) is 5.56 Å². The van der Waals surface area contributed by atoms with E-state index >= 15 is 0 Å². The number of benzene rings is 3. The molecule has 0 fully saturated rings. The molecule has 0 spiro atoms. The first-order chi connectivity index (χ1) is 16.4. The van der Waals surface area contributed by atoms with Crippen molar-refractivity contribution in [3.05, 3.63) is 95.8 Å². The van der Waals surface area contributed by atoms with Gasteiger partial charge in [0.05, 0.1) is 4.90 Å². The minimum absolute atomic E-state index is 0.000169. The van der Waals surface area contributed by atoms with Crippen molar-refractivity contribution in [2.24, 2.45) is 0 Å². The molecule has 0 aliphatic rings. The molecule has 0 radical (unpaired) electrons. The lowest BCUT2D eigenvalue weighted by Crippen LogP contribution is -2.45. The molecule has 0 unspecified atom stereocenters. The Morgan fingerprint density at radius 3 is 2.20 bits per heavy atom. The van der Waals surface area contributed by atoms with Gasteiger partial charge in [0.2, 0.25) is 15.9 Å². The molecule has 3 rings (SSSR count). The Kier molecular flexibility index (Phi) is 8.03. The SMILES string of the molecule is CC(C)(C)NS(=O)(=O)c1cccc(NC(=O)[C@H](Cc2ccccc2)NC(=O)c2ccc(F)cc2)c1. The van der Waals surface area contributed by atoms with Gasteiger partial charge >= 0.3 is 0 Å². The largest absolute Gasteiger partial charge is 0.340 e. The number of carbonyl (C=O) groups is 2. The van der Waals surface area contributed by atoms with Crippen LogP contribution in [0.2, 0.25) is 0 Å². The van der Waals surface area contributed by atoms with Crippen molar-refractivity contribution in [3.63, 3.8) is 0 Å². The lowest BCUT2D eigenvalue weighted by molar-refractivity contribution is -0.118. The van der Waals surface area contributed by atoms with Gasteiger partial charge in [-0.05, 0) is 68.8 Å². The van der Waals surface area contributed by atoms with Crippen molar-refractivity contribution in [2.45, 2.75) is 43.7 Å². The Morgan fingerprint density at radius 2 is 1.57 bits per heavy atom. The highest BCUT2D eigenvalue weighted by Crippen LogP contribution is 2.18. The number of nitrogens with one attached hydrogen (secondary N) is 3. The standard InChI is InChI=1S/C26H28FN3O4S/c1-26(2,3)30-35(33,34)22-11-7-10-21(17-22)28-25(32)23(16-18-8-5-4-6-9-18)29-24(31)19-12-14-20(27)15-13-19/h4-15,17,23,30H,16H2,1-3H3,(H,28,32)(H,29,31)/t23-/m0/s1. The summed E-state index contributed by atoms with van der Waals surface area (Å²) in [6, 6.07) is 19.0. The van der Waals surface area contributed by atoms with Gasteiger partial charge in [0.1, 0.15) is 11.9 Å². The maximum Gasteiger partial charge on any atom is 0.251 e. The Balaban J connectivity index is 1.82. The van der Waals surface area contributed by atoms with Crippen LogP contribution in [0.4, 0.5) is 10.1 Å². The third-order valence-electron chi connectivity index (χ3n) is 4.86. The van der Waals surface area contributed by atoms with E-state index in [9.17, 15) is 22.4 Å². The monoisotopic (exact) mass is 497 g/mol. The van der Waals surface area contributed by atoms with E-state index in [0.29, 0.717) is 0 Å². The highest BCUT2D eigenvalue weighted by Gasteiger charge is 2.24. The molecule has 3 aromatic carbocycles. The van der Waals surface area contributed by atoms with E-state index in [2.05, 4.69) is 15.4 Å². The summed E-state index contributed by atoms with van der Waals surface area (Å²) in [4.78, 5) is 25.9. The molecule has 184 valence electrons. The number of halogens is 1. The molecular weight excluding hydrogens is 469 g/mol. The first kappa shape index (κ1) is 26.1. The van der Waals surface area contributed by atoms with E-state index < -0.39 is 39.2 Å². The number of anilines is 1. The van der Waals surface area contributed by atoms with Gasteiger partial charge in [0.15, 0.2) is 0 Å². The molecule has 0 aliphatic carbocycles. The number of rotatable bonds is 8. The number of hydrogen-bond donors (Lipinski definition) is 3. The zero-order valence-corrected chi connectivity index (χ0v) is 20.5. The fourth-order valence-electron chi connectivity index (χ4n) is 3.33. The first-order valence-corrected chi connectivity index (χ1v) is 12.5. The minimum Gasteiger partial charge on any atom is -0.340 e. The number of sulfonamides is 1. The van der Waals surface area contributed by atoms with Crippen LogP contribution in [0, 0.1) is 5.82 Å². The molecule has 0 aliphatic heterocycles. The van der Waals surface area contributed by atoms with Crippen molar-refractivity contribution in [1.29, 1.82) is 0 Å². The molecule has 0 heterocycles. The highest BCUT2D eigenvalue weighted by atomic mass is 32.2. The summed E-state index contributed by atoms with van der Waals surface area (Å²) in [5.74, 6) is -1.54. The quantitative estimate of drug-likeness (QED) is 0.439. The van der Waals surface area contributed by atoms with E-state index in [1.807, 2.05) is 30.3 Å². The first-order valence-electron chi connectivity index (χ1n) is 11.0. The molecule has 0 bridgehead atoms. The summed E-state index contributed by atoms with van der Waals surface area (Å²) < 4.78 is 41.2. The van der Waals surface area contributed by atoms with Crippen molar-refractivity contribution >= 4 is 27.5 Å². The number of carbonyl (C=O) groups excluding carboxylic acids is 2. The molecule has 9 heteroatoms. The predicted octanol–water partition coefficient (Wildman–Crippen LogP) is 3.88. The second kappa shape index (κ2) is 10.8. The zero-order chi connectivity index (χ0) is 25.6. The van der Waals surface area contributed by atoms with Crippen molar-refractivity contribution in [3.8, 4) is 0 Å². The summed E-state index contributed by atoms with van der Waals surface area (Å²) in [6.07, 6.45) is 0.198. The van der Waals surface area contributed by atoms with Crippen LogP contribution in [0.3, 0.4) is 0 Å². The molecule has 0 saturated carbocycles. The summed E-state index contributed by atoms with van der Waals surface area (Å²) in [6.45, 7) is 5.19. The fourth-order valence-corrected chi connectivity index (χ4v) is 4.80. The maximum atomic E-state index is 13.2. The van der Waals surface area contributed by atoms with E-state index in [1.165, 1.54) is 42.5 Å². The molecule has 3 aromatic rings. The zero-order valence-electron chi connectivity index (χ0n) is 19.7. The lowest BCUT2D eigenvalue weighted by atomic mass is 10.0. The van der Waals surface area contributed by atoms with E-state index in [1.54, 1.807) is 26.8 Å². The smallest absolute Gasteiger partial charge is 0.251 e. The van der Waals surface area contributed by atoms with Gasteiger partial charge in [0.25, 0.3) is 5.91 Å². The van der Waals surface area contributed by atoms with Crippen LogP contribution in [0.15, 0.2) is 83.8 Å². The topological polar surface area (TPSA) is 104 Å². The van der Waals surface area contributed by atoms with Crippen LogP contribution < -0.4 is 15.4 Å². The van der Waals surface area contributed by atoms with Crippen molar-refractivity contribution in [1.82, 2.24) is 10.0 Å². The number of hydrogen-bond acceptors (Lipinski definition) is 4. The van der Waals surface area contributed by atoms with Gasteiger partial charge < -0.3 is 10.6 Å². The molecule has 0 saturated heterocycles. The van der Waals surface area contributed by atoms with Crippen LogP contribution in [-0.2, 0) is 21.2 Å². The van der Waals surface area contributed by atoms with E-state index in [-0.39, 0.29) is 22.6 Å². The summed E-state index contributed by atoms with van der Waals surface area (Å²) in [5.41, 5.74) is 0.612. The molecule has 35 heavy (non-hydrogen) atoms. The molecule has 1 atom stereocenters. The van der Waals surface area contributed by atoms with Gasteiger partial charge in [-0.2, -0.15) is 0 Å². The summed E-state index contributed by atoms with van der Waals surface area (Å²) in [7, 11) is -3.81. The molecule has 0 aromatic heterocycles. The predicted molar refractivity (Wildman–Crippen MR) is 133 cm³/mol. The van der Waals surface area contributed by atoms with Crippen LogP contribution in [0.25, 0.3) is 0 Å². The molecular formula is C26H28FN3O4S. The average molecular weight is 498 g/mol. The normalized spacial score (nSPS) is 12.6. The van der Waals surface area contributed by atoms with Gasteiger partial charge in [-0.25, -0.2) is 17.5 Å². The van der Waals surface area contributed by atoms with Gasteiger partial charge in [-0.15, -0.1) is 0 Å². The van der Waals surface area contributed by atoms with Gasteiger partial charge in [-0.1, -0.05) is 36.4 Å². The Labute approximate surface area is 204 Å². The van der Waals surface area contributed by atoms with Gasteiger partial charge in [0, 0.05) is 23.2 Å². The fraction of sp³-hybridized carbons (Fsp3) is 0.231. The summed E-state index contributed by atoms with van der Waals surface area (Å²) in [5, 5.41) is 5.39. The average Bonchev–Trinajstić information content (AvgIpc) is 2.78. The molecule has 3 N–H and O–H groups in total. The second-order valence-electron chi connectivity index (χ2n) is 9.10. The lowest BCUT2D eigenvalue weighted by Gasteiger charge is -2.21. The molecule has 7 nitrogen and oxygen atoms in total. The van der Waals surface area contributed by atoms with Crippen LogP contribution in [0.5, 0.6) is 0 Å². The van der Waals surface area contributed by atoms with Gasteiger partial charge in [-0.3, -0.25) is 9.59 Å². The second-order valence-corrected chi connectivity index (χ2v) is 10.8. The third-order valence-corrected chi connectivity index (χ3v) is 6.62. The van der Waals surface area contributed by atoms with Crippen LogP contribution >= 0.6 is 0 Å². The minimum atomic E-state index is -3.81. The van der Waals surface area contributed by atoms with Crippen LogP contribution in [0.1, 0.15) is 36.7 Å². The Morgan fingerprint density at radius 1 is 0.914 bits per heavy atom. The van der Waals surface area contributed by atoms with Crippen molar-refractivity contribution < 1.29 is 22.4 Å². The number of amides is 2. The summed E-state index contributed by atoms with van der Waals surface area (Å²) >= 11 is 0. The van der Waals surface area contributed by atoms with Crippen molar-refractivity contribution in [2.75, 3.05) is 5.32 Å². The van der Waals surface area contributed by atoms with Crippen LogP contribution in [-0.4, -0.2) is 31.8 Å². The maximum absolute atomic E-state index is 13.2.